The lowest BCUT2D eigenvalue weighted by Crippen LogP contribution is -2.03. The molecule has 0 saturated heterocycles. The lowest BCUT2D eigenvalue weighted by atomic mass is 10.1. The van der Waals surface area contributed by atoms with Crippen molar-refractivity contribution >= 4 is 5.97 Å². The van der Waals surface area contributed by atoms with Crippen LogP contribution in [0.3, 0.4) is 0 Å². The van der Waals surface area contributed by atoms with E-state index in [1.54, 1.807) is 6.20 Å². The van der Waals surface area contributed by atoms with Gasteiger partial charge in [0.2, 0.25) is 0 Å². The molecule has 0 unspecified atom stereocenters. The summed E-state index contributed by atoms with van der Waals surface area (Å²) in [5, 5.41) is 15.2. The number of aromatic amines is 1. The van der Waals surface area contributed by atoms with Crippen molar-refractivity contribution in [2.75, 3.05) is 0 Å². The van der Waals surface area contributed by atoms with Crippen molar-refractivity contribution in [3.63, 3.8) is 0 Å². The maximum atomic E-state index is 10.5. The van der Waals surface area contributed by atoms with Crippen LogP contribution >= 0.6 is 0 Å². The zero-order valence-corrected chi connectivity index (χ0v) is 7.29. The number of carboxylic acids is 1. The summed E-state index contributed by atoms with van der Waals surface area (Å²) in [5.41, 5.74) is 1.84. The fourth-order valence-corrected chi connectivity index (χ4v) is 1.45. The number of aliphatic carboxylic acids is 1. The summed E-state index contributed by atoms with van der Waals surface area (Å²) in [5.74, 6) is -0.0357. The zero-order chi connectivity index (χ0) is 9.26. The predicted molar refractivity (Wildman–Crippen MR) is 46.4 cm³/mol. The summed E-state index contributed by atoms with van der Waals surface area (Å²) in [4.78, 5) is 10.5. The Morgan fingerprint density at radius 2 is 2.46 bits per heavy atom. The number of aromatic nitrogens is 2. The fourth-order valence-electron chi connectivity index (χ4n) is 1.45. The van der Waals surface area contributed by atoms with E-state index in [0.717, 1.165) is 23.6 Å². The van der Waals surface area contributed by atoms with E-state index in [1.807, 2.05) is 0 Å². The van der Waals surface area contributed by atoms with Gasteiger partial charge in [0.1, 0.15) is 0 Å². The van der Waals surface area contributed by atoms with Crippen molar-refractivity contribution in [2.24, 2.45) is 5.92 Å². The second-order valence-electron chi connectivity index (χ2n) is 3.59. The van der Waals surface area contributed by atoms with Crippen molar-refractivity contribution < 1.29 is 9.90 Å². The fraction of sp³-hybridized carbons (Fsp3) is 0.556. The molecule has 0 radical (unpaired) electrons. The Hall–Kier alpha value is -1.32. The van der Waals surface area contributed by atoms with Crippen LogP contribution in [-0.4, -0.2) is 21.3 Å². The van der Waals surface area contributed by atoms with E-state index in [2.05, 4.69) is 10.2 Å². The largest absolute Gasteiger partial charge is 0.481 e. The van der Waals surface area contributed by atoms with Crippen LogP contribution in [0, 0.1) is 5.92 Å². The van der Waals surface area contributed by atoms with Crippen molar-refractivity contribution in [3.05, 3.63) is 17.5 Å². The van der Waals surface area contributed by atoms with Crippen LogP contribution in [0.25, 0.3) is 0 Å². The SMILES string of the molecule is O=C(O)Cc1[nH]ncc1CC1CC1. The van der Waals surface area contributed by atoms with Crippen LogP contribution in [-0.2, 0) is 17.6 Å². The second kappa shape index (κ2) is 3.20. The van der Waals surface area contributed by atoms with Crippen molar-refractivity contribution in [3.8, 4) is 0 Å². The number of carboxylic acid groups (broad SMARTS) is 1. The number of hydrogen-bond acceptors (Lipinski definition) is 2. The van der Waals surface area contributed by atoms with Gasteiger partial charge >= 0.3 is 5.97 Å². The molecule has 2 rings (SSSR count). The standard InChI is InChI=1S/C9H12N2O2/c12-9(13)4-8-7(5-10-11-8)3-6-1-2-6/h5-6H,1-4H2,(H,10,11)(H,12,13). The van der Waals surface area contributed by atoms with Crippen LogP contribution in [0.1, 0.15) is 24.1 Å². The Kier molecular flexibility index (Phi) is 2.04. The maximum Gasteiger partial charge on any atom is 0.309 e. The van der Waals surface area contributed by atoms with E-state index in [-0.39, 0.29) is 6.42 Å². The minimum atomic E-state index is -0.804. The Morgan fingerprint density at radius 1 is 1.69 bits per heavy atom. The average molecular weight is 180 g/mol. The molecule has 0 aromatic carbocycles. The van der Waals surface area contributed by atoms with Gasteiger partial charge in [-0.3, -0.25) is 9.89 Å². The van der Waals surface area contributed by atoms with Crippen LogP contribution in [0.4, 0.5) is 0 Å². The minimum absolute atomic E-state index is 0.0576. The average Bonchev–Trinajstić information content (AvgIpc) is 2.75. The normalized spacial score (nSPS) is 16.0. The molecule has 0 spiro atoms. The molecule has 1 aromatic rings. The number of nitrogens with one attached hydrogen (secondary N) is 1. The molecule has 1 aliphatic carbocycles. The molecule has 1 aromatic heterocycles. The molecule has 1 saturated carbocycles. The summed E-state index contributed by atoms with van der Waals surface area (Å²) in [6.07, 6.45) is 5.34. The number of carbonyl (C=O) groups is 1. The van der Waals surface area contributed by atoms with Crippen LogP contribution in [0.2, 0.25) is 0 Å². The van der Waals surface area contributed by atoms with Gasteiger partial charge in [0.05, 0.1) is 12.6 Å². The van der Waals surface area contributed by atoms with Gasteiger partial charge < -0.3 is 5.11 Å². The minimum Gasteiger partial charge on any atom is -0.481 e. The van der Waals surface area contributed by atoms with Crippen LogP contribution < -0.4 is 0 Å². The summed E-state index contributed by atoms with van der Waals surface area (Å²) in [6, 6.07) is 0. The molecule has 4 nitrogen and oxygen atoms in total. The summed E-state index contributed by atoms with van der Waals surface area (Å²) in [6.45, 7) is 0. The topological polar surface area (TPSA) is 66.0 Å². The first-order chi connectivity index (χ1) is 6.25. The third kappa shape index (κ3) is 2.08. The van der Waals surface area contributed by atoms with E-state index in [0.29, 0.717) is 0 Å². The first-order valence-electron chi connectivity index (χ1n) is 4.48. The third-order valence-corrected chi connectivity index (χ3v) is 2.34. The highest BCUT2D eigenvalue weighted by Crippen LogP contribution is 2.33. The Labute approximate surface area is 76.0 Å². The number of H-pyrrole nitrogens is 1. The molecule has 4 heteroatoms. The molecule has 1 aliphatic rings. The molecule has 2 N–H and O–H groups in total. The van der Waals surface area contributed by atoms with Crippen molar-refractivity contribution in [1.82, 2.24) is 10.2 Å². The maximum absolute atomic E-state index is 10.5. The van der Waals surface area contributed by atoms with Gasteiger partial charge in [0.25, 0.3) is 0 Å². The van der Waals surface area contributed by atoms with E-state index in [4.69, 9.17) is 5.11 Å². The lowest BCUT2D eigenvalue weighted by molar-refractivity contribution is -0.136. The Bertz CT molecular complexity index is 315. The highest BCUT2D eigenvalue weighted by molar-refractivity contribution is 5.69. The van der Waals surface area contributed by atoms with E-state index in [9.17, 15) is 4.79 Å². The zero-order valence-electron chi connectivity index (χ0n) is 7.29. The van der Waals surface area contributed by atoms with E-state index < -0.39 is 5.97 Å². The number of nitrogens with zero attached hydrogens (tertiary/aromatic N) is 1. The molecular weight excluding hydrogens is 168 g/mol. The van der Waals surface area contributed by atoms with Gasteiger partial charge in [-0.1, -0.05) is 0 Å². The highest BCUT2D eigenvalue weighted by atomic mass is 16.4. The first kappa shape index (κ1) is 8.29. The molecule has 13 heavy (non-hydrogen) atoms. The van der Waals surface area contributed by atoms with Crippen LogP contribution in [0.5, 0.6) is 0 Å². The number of hydrogen-bond donors (Lipinski definition) is 2. The molecule has 0 bridgehead atoms. The molecule has 1 fully saturated rings. The van der Waals surface area contributed by atoms with Gasteiger partial charge in [-0.2, -0.15) is 5.10 Å². The molecule has 0 aliphatic heterocycles. The quantitative estimate of drug-likeness (QED) is 0.726. The van der Waals surface area contributed by atoms with Crippen molar-refractivity contribution in [2.45, 2.75) is 25.7 Å². The molecule has 0 amide bonds. The molecular formula is C9H12N2O2. The van der Waals surface area contributed by atoms with Gasteiger partial charge in [0.15, 0.2) is 0 Å². The van der Waals surface area contributed by atoms with Gasteiger partial charge in [-0.25, -0.2) is 0 Å². The van der Waals surface area contributed by atoms with Crippen LogP contribution in [0.15, 0.2) is 6.20 Å². The molecule has 70 valence electrons. The smallest absolute Gasteiger partial charge is 0.309 e. The first-order valence-corrected chi connectivity index (χ1v) is 4.48. The summed E-state index contributed by atoms with van der Waals surface area (Å²) >= 11 is 0. The highest BCUT2D eigenvalue weighted by Gasteiger charge is 2.23. The van der Waals surface area contributed by atoms with E-state index >= 15 is 0 Å². The summed E-state index contributed by atoms with van der Waals surface area (Å²) < 4.78 is 0. The van der Waals surface area contributed by atoms with E-state index in [1.165, 1.54) is 12.8 Å². The van der Waals surface area contributed by atoms with Gasteiger partial charge in [-0.15, -0.1) is 0 Å². The monoisotopic (exact) mass is 180 g/mol. The van der Waals surface area contributed by atoms with Crippen molar-refractivity contribution in [1.29, 1.82) is 0 Å². The number of rotatable bonds is 4. The summed E-state index contributed by atoms with van der Waals surface area (Å²) in [7, 11) is 0. The predicted octanol–water partition coefficient (Wildman–Crippen LogP) is 0.989. The van der Waals surface area contributed by atoms with Gasteiger partial charge in [-0.05, 0) is 30.7 Å². The van der Waals surface area contributed by atoms with Gasteiger partial charge in [0, 0.05) is 5.69 Å². The molecule has 0 atom stereocenters. The Balaban J connectivity index is 2.05. The third-order valence-electron chi connectivity index (χ3n) is 2.34. The lowest BCUT2D eigenvalue weighted by Gasteiger charge is -1.97. The Morgan fingerprint density at radius 3 is 3.08 bits per heavy atom. The second-order valence-corrected chi connectivity index (χ2v) is 3.59. The molecule has 1 heterocycles.